The van der Waals surface area contributed by atoms with Gasteiger partial charge in [0.05, 0.1) is 20.6 Å². The first-order chi connectivity index (χ1) is 13.7. The standard InChI is InChI=1S/C23H28N2O3/c1-27-21-10-11-22(28-2)20(17-21)18-23(26)25-15-13-24(14-16-25)12-6-9-19-7-4-3-5-8-19/h3-11,17H,12-16,18H2,1-2H3/b9-6+. The zero-order valence-electron chi connectivity index (χ0n) is 16.6. The maximum Gasteiger partial charge on any atom is 0.227 e. The van der Waals surface area contributed by atoms with Crippen LogP contribution in [0.3, 0.4) is 0 Å². The fourth-order valence-electron chi connectivity index (χ4n) is 3.38. The summed E-state index contributed by atoms with van der Waals surface area (Å²) in [7, 11) is 3.25. The largest absolute Gasteiger partial charge is 0.497 e. The maximum atomic E-state index is 12.7. The summed E-state index contributed by atoms with van der Waals surface area (Å²) in [6, 6.07) is 15.9. The molecule has 1 amide bonds. The normalized spacial score (nSPS) is 15.0. The molecule has 3 rings (SSSR count). The number of nitrogens with zero attached hydrogens (tertiary/aromatic N) is 2. The van der Waals surface area contributed by atoms with Crippen LogP contribution < -0.4 is 9.47 Å². The van der Waals surface area contributed by atoms with Gasteiger partial charge in [0, 0.05) is 38.3 Å². The third-order valence-corrected chi connectivity index (χ3v) is 5.03. The highest BCUT2D eigenvalue weighted by atomic mass is 16.5. The van der Waals surface area contributed by atoms with Gasteiger partial charge in [0.25, 0.3) is 0 Å². The van der Waals surface area contributed by atoms with E-state index < -0.39 is 0 Å². The van der Waals surface area contributed by atoms with E-state index in [0.29, 0.717) is 6.42 Å². The predicted molar refractivity (Wildman–Crippen MR) is 112 cm³/mol. The molecule has 1 aliphatic heterocycles. The third kappa shape index (κ3) is 5.36. The molecule has 0 unspecified atom stereocenters. The number of methoxy groups -OCH3 is 2. The average Bonchev–Trinajstić information content (AvgIpc) is 2.75. The van der Waals surface area contributed by atoms with Crippen molar-refractivity contribution in [2.75, 3.05) is 46.9 Å². The number of carbonyl (C=O) groups excluding carboxylic acids is 1. The summed E-state index contributed by atoms with van der Waals surface area (Å²) in [5.74, 6) is 1.59. The fourth-order valence-corrected chi connectivity index (χ4v) is 3.38. The van der Waals surface area contributed by atoms with E-state index in [1.165, 1.54) is 5.56 Å². The number of rotatable bonds is 7. The second-order valence-electron chi connectivity index (χ2n) is 6.85. The molecule has 1 saturated heterocycles. The van der Waals surface area contributed by atoms with E-state index in [2.05, 4.69) is 29.2 Å². The highest BCUT2D eigenvalue weighted by Gasteiger charge is 2.21. The molecule has 2 aromatic rings. The molecule has 0 radical (unpaired) electrons. The molecule has 0 N–H and O–H groups in total. The monoisotopic (exact) mass is 380 g/mol. The van der Waals surface area contributed by atoms with Gasteiger partial charge in [0.1, 0.15) is 11.5 Å². The first-order valence-electron chi connectivity index (χ1n) is 9.62. The van der Waals surface area contributed by atoms with Gasteiger partial charge in [-0.05, 0) is 23.8 Å². The van der Waals surface area contributed by atoms with Crippen LogP contribution in [-0.2, 0) is 11.2 Å². The van der Waals surface area contributed by atoms with E-state index in [0.717, 1.165) is 49.8 Å². The molecule has 0 aromatic heterocycles. The maximum absolute atomic E-state index is 12.7. The van der Waals surface area contributed by atoms with Crippen molar-refractivity contribution in [3.05, 3.63) is 65.7 Å². The molecule has 1 fully saturated rings. The summed E-state index contributed by atoms with van der Waals surface area (Å²) in [5, 5.41) is 0. The van der Waals surface area contributed by atoms with Gasteiger partial charge in [-0.15, -0.1) is 0 Å². The molecule has 5 nitrogen and oxygen atoms in total. The molecule has 2 aromatic carbocycles. The van der Waals surface area contributed by atoms with Gasteiger partial charge in [-0.25, -0.2) is 0 Å². The zero-order valence-corrected chi connectivity index (χ0v) is 16.6. The number of hydrogen-bond acceptors (Lipinski definition) is 4. The fraction of sp³-hybridized carbons (Fsp3) is 0.348. The lowest BCUT2D eigenvalue weighted by Crippen LogP contribution is -2.49. The minimum absolute atomic E-state index is 0.131. The van der Waals surface area contributed by atoms with E-state index >= 15 is 0 Å². The van der Waals surface area contributed by atoms with Crippen molar-refractivity contribution in [1.29, 1.82) is 0 Å². The highest BCUT2D eigenvalue weighted by Crippen LogP contribution is 2.25. The van der Waals surface area contributed by atoms with Crippen molar-refractivity contribution in [1.82, 2.24) is 9.80 Å². The number of amides is 1. The lowest BCUT2D eigenvalue weighted by molar-refractivity contribution is -0.132. The topological polar surface area (TPSA) is 42.0 Å². The summed E-state index contributed by atoms with van der Waals surface area (Å²) < 4.78 is 10.7. The minimum Gasteiger partial charge on any atom is -0.497 e. The van der Waals surface area contributed by atoms with Crippen molar-refractivity contribution < 1.29 is 14.3 Å². The second kappa shape index (κ2) is 9.95. The molecule has 1 heterocycles. The van der Waals surface area contributed by atoms with Crippen LogP contribution in [0, 0.1) is 0 Å². The van der Waals surface area contributed by atoms with Gasteiger partial charge in [-0.1, -0.05) is 42.5 Å². The van der Waals surface area contributed by atoms with Gasteiger partial charge in [-0.3, -0.25) is 9.69 Å². The summed E-state index contributed by atoms with van der Waals surface area (Å²) >= 11 is 0. The minimum atomic E-state index is 0.131. The predicted octanol–water partition coefficient (Wildman–Crippen LogP) is 3.10. The van der Waals surface area contributed by atoms with Crippen LogP contribution in [0.4, 0.5) is 0 Å². The Labute approximate surface area is 167 Å². The Bertz CT molecular complexity index is 797. The Morgan fingerprint density at radius 3 is 2.43 bits per heavy atom. The van der Waals surface area contributed by atoms with Crippen molar-refractivity contribution >= 4 is 12.0 Å². The van der Waals surface area contributed by atoms with Crippen LogP contribution in [0.2, 0.25) is 0 Å². The van der Waals surface area contributed by atoms with Gasteiger partial charge < -0.3 is 14.4 Å². The summed E-state index contributed by atoms with van der Waals surface area (Å²) in [6.45, 7) is 4.19. The average molecular weight is 380 g/mol. The van der Waals surface area contributed by atoms with Crippen LogP contribution in [0.5, 0.6) is 11.5 Å². The molecular formula is C23H28N2O3. The Morgan fingerprint density at radius 1 is 1.00 bits per heavy atom. The number of benzene rings is 2. The molecule has 0 saturated carbocycles. The molecule has 0 spiro atoms. The lowest BCUT2D eigenvalue weighted by atomic mass is 10.1. The van der Waals surface area contributed by atoms with Crippen molar-refractivity contribution in [3.8, 4) is 11.5 Å². The Balaban J connectivity index is 1.49. The van der Waals surface area contributed by atoms with Crippen LogP contribution >= 0.6 is 0 Å². The van der Waals surface area contributed by atoms with Crippen LogP contribution in [0.1, 0.15) is 11.1 Å². The van der Waals surface area contributed by atoms with Crippen molar-refractivity contribution in [2.45, 2.75) is 6.42 Å². The van der Waals surface area contributed by atoms with E-state index in [9.17, 15) is 4.79 Å². The molecule has 28 heavy (non-hydrogen) atoms. The van der Waals surface area contributed by atoms with E-state index in [1.807, 2.05) is 41.3 Å². The first kappa shape index (κ1) is 20.0. The number of piperazine rings is 1. The third-order valence-electron chi connectivity index (χ3n) is 5.03. The van der Waals surface area contributed by atoms with Gasteiger partial charge >= 0.3 is 0 Å². The Hall–Kier alpha value is -2.79. The Kier molecular flexibility index (Phi) is 7.09. The zero-order chi connectivity index (χ0) is 19.8. The molecule has 148 valence electrons. The lowest BCUT2D eigenvalue weighted by Gasteiger charge is -2.34. The number of hydrogen-bond donors (Lipinski definition) is 0. The van der Waals surface area contributed by atoms with Crippen molar-refractivity contribution in [2.24, 2.45) is 0 Å². The molecule has 5 heteroatoms. The van der Waals surface area contributed by atoms with E-state index in [4.69, 9.17) is 9.47 Å². The quantitative estimate of drug-likeness (QED) is 0.740. The van der Waals surface area contributed by atoms with Gasteiger partial charge in [-0.2, -0.15) is 0 Å². The van der Waals surface area contributed by atoms with Crippen LogP contribution in [0.25, 0.3) is 6.08 Å². The first-order valence-corrected chi connectivity index (χ1v) is 9.62. The molecule has 0 aliphatic carbocycles. The van der Waals surface area contributed by atoms with Crippen LogP contribution in [-0.4, -0.2) is 62.7 Å². The molecular weight excluding hydrogens is 352 g/mol. The summed E-state index contributed by atoms with van der Waals surface area (Å²) in [4.78, 5) is 17.0. The van der Waals surface area contributed by atoms with E-state index in [1.54, 1.807) is 14.2 Å². The molecule has 1 aliphatic rings. The second-order valence-corrected chi connectivity index (χ2v) is 6.85. The smallest absolute Gasteiger partial charge is 0.227 e. The number of carbonyl (C=O) groups is 1. The van der Waals surface area contributed by atoms with E-state index in [-0.39, 0.29) is 5.91 Å². The van der Waals surface area contributed by atoms with Crippen LogP contribution in [0.15, 0.2) is 54.6 Å². The molecule has 0 atom stereocenters. The summed E-state index contributed by atoms with van der Waals surface area (Å²) in [6.07, 6.45) is 4.66. The summed E-state index contributed by atoms with van der Waals surface area (Å²) in [5.41, 5.74) is 2.07. The molecule has 0 bridgehead atoms. The Morgan fingerprint density at radius 2 is 1.75 bits per heavy atom. The number of ether oxygens (including phenoxy) is 2. The highest BCUT2D eigenvalue weighted by molar-refractivity contribution is 5.79. The van der Waals surface area contributed by atoms with Gasteiger partial charge in [0.15, 0.2) is 0 Å². The van der Waals surface area contributed by atoms with Gasteiger partial charge in [0.2, 0.25) is 5.91 Å². The SMILES string of the molecule is COc1ccc(OC)c(CC(=O)N2CCN(C/C=C/c3ccccc3)CC2)c1. The van der Waals surface area contributed by atoms with Crippen molar-refractivity contribution in [3.63, 3.8) is 0 Å².